The lowest BCUT2D eigenvalue weighted by atomic mass is 10.1. The Labute approximate surface area is 124 Å². The molecule has 0 aromatic heterocycles. The standard InChI is InChI=1S/C11H14F3N3O4S/c12-11(13,14)6-15-10(19)8-1-2-9(18)17(16-8)7-3-4-22(20,21)5-7/h7H,1-6H2,(H,15,19). The van der Waals surface area contributed by atoms with E-state index in [1.165, 1.54) is 0 Å². The normalized spacial score (nSPS) is 25.0. The number of nitrogens with zero attached hydrogens (tertiary/aromatic N) is 2. The Kier molecular flexibility index (Phi) is 4.45. The van der Waals surface area contributed by atoms with E-state index in [2.05, 4.69) is 5.10 Å². The van der Waals surface area contributed by atoms with E-state index in [4.69, 9.17) is 0 Å². The van der Waals surface area contributed by atoms with Gasteiger partial charge in [0.15, 0.2) is 9.84 Å². The Morgan fingerprint density at radius 2 is 2.05 bits per heavy atom. The van der Waals surface area contributed by atoms with Gasteiger partial charge in [-0.2, -0.15) is 18.3 Å². The lowest BCUT2D eigenvalue weighted by Crippen LogP contribution is -2.45. The third-order valence-corrected chi connectivity index (χ3v) is 5.08. The third-order valence-electron chi connectivity index (χ3n) is 3.33. The Morgan fingerprint density at radius 1 is 1.36 bits per heavy atom. The molecule has 1 atom stereocenters. The van der Waals surface area contributed by atoms with E-state index >= 15 is 0 Å². The van der Waals surface area contributed by atoms with Crippen LogP contribution in [0.15, 0.2) is 5.10 Å². The van der Waals surface area contributed by atoms with Crippen LogP contribution in [0.5, 0.6) is 0 Å². The van der Waals surface area contributed by atoms with E-state index in [0.29, 0.717) is 0 Å². The van der Waals surface area contributed by atoms with Gasteiger partial charge in [-0.05, 0) is 6.42 Å². The minimum atomic E-state index is -4.54. The maximum Gasteiger partial charge on any atom is 0.405 e. The minimum Gasteiger partial charge on any atom is -0.342 e. The molecule has 0 saturated carbocycles. The van der Waals surface area contributed by atoms with Crippen LogP contribution in [-0.4, -0.2) is 61.2 Å². The molecule has 7 nitrogen and oxygen atoms in total. The van der Waals surface area contributed by atoms with E-state index < -0.39 is 40.4 Å². The molecule has 0 spiro atoms. The van der Waals surface area contributed by atoms with Gasteiger partial charge >= 0.3 is 6.18 Å². The summed E-state index contributed by atoms with van der Waals surface area (Å²) >= 11 is 0. The Morgan fingerprint density at radius 3 is 2.59 bits per heavy atom. The predicted octanol–water partition coefficient (Wildman–Crippen LogP) is -0.170. The first-order chi connectivity index (χ1) is 10.1. The summed E-state index contributed by atoms with van der Waals surface area (Å²) in [7, 11) is -3.25. The van der Waals surface area contributed by atoms with Crippen LogP contribution >= 0.6 is 0 Å². The summed E-state index contributed by atoms with van der Waals surface area (Å²) in [6.45, 7) is -1.49. The van der Waals surface area contributed by atoms with Crippen molar-refractivity contribution in [3.8, 4) is 0 Å². The highest BCUT2D eigenvalue weighted by Gasteiger charge is 2.37. The number of hydrogen-bond donors (Lipinski definition) is 1. The van der Waals surface area contributed by atoms with Crippen LogP contribution in [0.1, 0.15) is 19.3 Å². The second-order valence-corrected chi connectivity index (χ2v) is 7.37. The molecule has 1 unspecified atom stereocenters. The summed E-state index contributed by atoms with van der Waals surface area (Å²) in [5.41, 5.74) is -0.201. The van der Waals surface area contributed by atoms with Crippen LogP contribution in [0.2, 0.25) is 0 Å². The number of carbonyl (C=O) groups is 2. The molecule has 2 rings (SSSR count). The van der Waals surface area contributed by atoms with Crippen LogP contribution in [0.25, 0.3) is 0 Å². The molecule has 1 fully saturated rings. The molecular weight excluding hydrogens is 327 g/mol. The summed E-state index contributed by atoms with van der Waals surface area (Å²) in [5.74, 6) is -1.77. The number of halogens is 3. The van der Waals surface area contributed by atoms with Gasteiger partial charge in [0.2, 0.25) is 5.91 Å². The summed E-state index contributed by atoms with van der Waals surface area (Å²) in [6.07, 6.45) is -4.50. The van der Waals surface area contributed by atoms with Gasteiger partial charge in [-0.15, -0.1) is 0 Å². The molecule has 0 aromatic carbocycles. The second-order valence-electron chi connectivity index (χ2n) is 5.14. The van der Waals surface area contributed by atoms with Crippen LogP contribution < -0.4 is 5.32 Å². The number of hydrogen-bond acceptors (Lipinski definition) is 5. The van der Waals surface area contributed by atoms with Gasteiger partial charge in [-0.3, -0.25) is 9.59 Å². The summed E-state index contributed by atoms with van der Waals surface area (Å²) in [4.78, 5) is 23.4. The van der Waals surface area contributed by atoms with Gasteiger partial charge in [0.1, 0.15) is 12.3 Å². The quantitative estimate of drug-likeness (QED) is 0.771. The third kappa shape index (κ3) is 4.18. The first-order valence-corrected chi connectivity index (χ1v) is 8.34. The maximum absolute atomic E-state index is 12.1. The number of nitrogens with one attached hydrogen (secondary N) is 1. The van der Waals surface area contributed by atoms with Crippen molar-refractivity contribution in [1.82, 2.24) is 10.3 Å². The highest BCUT2D eigenvalue weighted by molar-refractivity contribution is 7.91. The predicted molar refractivity (Wildman–Crippen MR) is 69.6 cm³/mol. The highest BCUT2D eigenvalue weighted by Crippen LogP contribution is 2.22. The fraction of sp³-hybridized carbons (Fsp3) is 0.727. The second kappa shape index (κ2) is 5.86. The molecule has 2 amide bonds. The van der Waals surface area contributed by atoms with Crippen LogP contribution in [-0.2, 0) is 19.4 Å². The van der Waals surface area contributed by atoms with E-state index in [0.717, 1.165) is 5.01 Å². The van der Waals surface area contributed by atoms with E-state index in [-0.39, 0.29) is 36.5 Å². The first-order valence-electron chi connectivity index (χ1n) is 6.52. The summed E-state index contributed by atoms with van der Waals surface area (Å²) in [6, 6.07) is -0.664. The van der Waals surface area contributed by atoms with Crippen molar-refractivity contribution in [3.05, 3.63) is 0 Å². The monoisotopic (exact) mass is 341 g/mol. The number of hydrazone groups is 1. The SMILES string of the molecule is O=C(NCC(F)(F)F)C1=NN(C2CCS(=O)(=O)C2)C(=O)CC1. The number of rotatable bonds is 3. The molecule has 11 heteroatoms. The van der Waals surface area contributed by atoms with Gasteiger partial charge < -0.3 is 5.32 Å². The van der Waals surface area contributed by atoms with Crippen molar-refractivity contribution >= 4 is 27.4 Å². The molecule has 2 aliphatic heterocycles. The molecule has 124 valence electrons. The van der Waals surface area contributed by atoms with Crippen molar-refractivity contribution < 1.29 is 31.2 Å². The molecule has 0 aromatic rings. The molecule has 0 bridgehead atoms. The number of alkyl halides is 3. The van der Waals surface area contributed by atoms with E-state index in [9.17, 15) is 31.2 Å². The van der Waals surface area contributed by atoms with Crippen LogP contribution in [0.4, 0.5) is 13.2 Å². The van der Waals surface area contributed by atoms with Crippen molar-refractivity contribution in [2.45, 2.75) is 31.5 Å². The van der Waals surface area contributed by atoms with Crippen molar-refractivity contribution in [2.24, 2.45) is 5.10 Å². The van der Waals surface area contributed by atoms with Crippen LogP contribution in [0, 0.1) is 0 Å². The fourth-order valence-corrected chi connectivity index (χ4v) is 3.96. The number of carbonyl (C=O) groups excluding carboxylic acids is 2. The molecule has 2 aliphatic rings. The van der Waals surface area contributed by atoms with Gasteiger partial charge in [-0.25, -0.2) is 13.4 Å². The van der Waals surface area contributed by atoms with Gasteiger partial charge in [0.05, 0.1) is 17.5 Å². The topological polar surface area (TPSA) is 95.9 Å². The highest BCUT2D eigenvalue weighted by atomic mass is 32.2. The van der Waals surface area contributed by atoms with Gasteiger partial charge in [0.25, 0.3) is 5.91 Å². The largest absolute Gasteiger partial charge is 0.405 e. The minimum absolute atomic E-state index is 0.0709. The van der Waals surface area contributed by atoms with Crippen LogP contribution in [0.3, 0.4) is 0 Å². The molecule has 0 aliphatic carbocycles. The first kappa shape index (κ1) is 16.7. The number of amides is 2. The molecule has 1 N–H and O–H groups in total. The fourth-order valence-electron chi connectivity index (χ4n) is 2.27. The molecule has 1 saturated heterocycles. The zero-order valence-corrected chi connectivity index (χ0v) is 12.2. The summed E-state index contributed by atoms with van der Waals surface area (Å²) in [5, 5.41) is 6.38. The lowest BCUT2D eigenvalue weighted by Gasteiger charge is -2.27. The molecule has 0 radical (unpaired) electrons. The van der Waals surface area contributed by atoms with Crippen molar-refractivity contribution in [2.75, 3.05) is 18.1 Å². The van der Waals surface area contributed by atoms with E-state index in [1.807, 2.05) is 0 Å². The average molecular weight is 341 g/mol. The van der Waals surface area contributed by atoms with Crippen molar-refractivity contribution in [3.63, 3.8) is 0 Å². The smallest absolute Gasteiger partial charge is 0.342 e. The van der Waals surface area contributed by atoms with E-state index in [1.54, 1.807) is 5.32 Å². The molecular formula is C11H14F3N3O4S. The summed E-state index contributed by atoms with van der Waals surface area (Å²) < 4.78 is 59.1. The average Bonchev–Trinajstić information content (AvgIpc) is 2.76. The van der Waals surface area contributed by atoms with Gasteiger partial charge in [-0.1, -0.05) is 0 Å². The van der Waals surface area contributed by atoms with Gasteiger partial charge in [0, 0.05) is 12.8 Å². The van der Waals surface area contributed by atoms with Crippen molar-refractivity contribution in [1.29, 1.82) is 0 Å². The lowest BCUT2D eigenvalue weighted by molar-refractivity contribution is -0.136. The zero-order valence-electron chi connectivity index (χ0n) is 11.4. The molecule has 2 heterocycles. The number of sulfone groups is 1. The maximum atomic E-state index is 12.1. The molecule has 22 heavy (non-hydrogen) atoms. The Hall–Kier alpha value is -1.65. The zero-order chi connectivity index (χ0) is 16.5. The Balaban J connectivity index is 2.08. The Bertz CT molecular complexity index is 615.